The number of likely N-dealkylation sites (tertiary alicyclic amines) is 1. The number of nitrogens with one attached hydrogen (secondary N) is 1. The number of para-hydroxylation sites is 2. The zero-order chi connectivity index (χ0) is 20.9. The SMILES string of the molecule is COc1ccc(C2C(CNC(=O)CCn3cnc4ccccc43)CCCN2C)cc1. The minimum atomic E-state index is 0.0921. The molecular formula is C24H30N4O2. The summed E-state index contributed by atoms with van der Waals surface area (Å²) < 4.78 is 7.34. The number of amides is 1. The Morgan fingerprint density at radius 1 is 1.20 bits per heavy atom. The van der Waals surface area contributed by atoms with Gasteiger partial charge < -0.3 is 14.6 Å². The van der Waals surface area contributed by atoms with E-state index in [1.54, 1.807) is 7.11 Å². The third-order valence-electron chi connectivity index (χ3n) is 6.13. The topological polar surface area (TPSA) is 59.4 Å². The number of carbonyl (C=O) groups is 1. The third-order valence-corrected chi connectivity index (χ3v) is 6.13. The van der Waals surface area contributed by atoms with E-state index in [9.17, 15) is 4.79 Å². The van der Waals surface area contributed by atoms with Gasteiger partial charge in [0.25, 0.3) is 0 Å². The number of aromatic nitrogens is 2. The molecule has 1 aliphatic heterocycles. The predicted molar refractivity (Wildman–Crippen MR) is 118 cm³/mol. The molecule has 2 heterocycles. The quantitative estimate of drug-likeness (QED) is 0.651. The maximum Gasteiger partial charge on any atom is 0.221 e. The minimum absolute atomic E-state index is 0.0921. The van der Waals surface area contributed by atoms with Crippen molar-refractivity contribution in [2.45, 2.75) is 31.8 Å². The molecule has 1 saturated heterocycles. The summed E-state index contributed by atoms with van der Waals surface area (Å²) in [4.78, 5) is 19.3. The predicted octanol–water partition coefficient (Wildman–Crippen LogP) is 3.63. The molecule has 2 unspecified atom stereocenters. The van der Waals surface area contributed by atoms with Crippen molar-refractivity contribution in [3.05, 3.63) is 60.4 Å². The molecule has 4 rings (SSSR count). The number of ether oxygens (including phenoxy) is 1. The second-order valence-electron chi connectivity index (χ2n) is 8.08. The summed E-state index contributed by atoms with van der Waals surface area (Å²) in [6, 6.07) is 16.6. The van der Waals surface area contributed by atoms with Gasteiger partial charge in [0, 0.05) is 25.6 Å². The van der Waals surface area contributed by atoms with Crippen molar-refractivity contribution < 1.29 is 9.53 Å². The molecule has 6 nitrogen and oxygen atoms in total. The monoisotopic (exact) mass is 406 g/mol. The van der Waals surface area contributed by atoms with Crippen LogP contribution >= 0.6 is 0 Å². The van der Waals surface area contributed by atoms with Crippen molar-refractivity contribution in [2.24, 2.45) is 5.92 Å². The van der Waals surface area contributed by atoms with Gasteiger partial charge in [-0.15, -0.1) is 0 Å². The first-order chi connectivity index (χ1) is 14.7. The lowest BCUT2D eigenvalue weighted by atomic mass is 9.85. The van der Waals surface area contributed by atoms with Crippen molar-refractivity contribution in [3.63, 3.8) is 0 Å². The number of aryl methyl sites for hydroxylation is 1. The van der Waals surface area contributed by atoms with E-state index in [0.29, 0.717) is 31.5 Å². The van der Waals surface area contributed by atoms with E-state index in [-0.39, 0.29) is 5.91 Å². The molecule has 3 aromatic rings. The summed E-state index contributed by atoms with van der Waals surface area (Å²) in [6.07, 6.45) is 4.54. The molecule has 1 fully saturated rings. The van der Waals surface area contributed by atoms with E-state index >= 15 is 0 Å². The van der Waals surface area contributed by atoms with Crippen LogP contribution in [0.3, 0.4) is 0 Å². The Hall–Kier alpha value is -2.86. The number of methoxy groups -OCH3 is 1. The standard InChI is InChI=1S/C24H30N4O2/c1-27-14-5-6-19(24(27)18-9-11-20(30-2)12-10-18)16-25-23(29)13-15-28-17-26-21-7-3-4-8-22(21)28/h3-4,7-12,17,19,24H,5-6,13-16H2,1-2H3,(H,25,29). The average Bonchev–Trinajstić information content (AvgIpc) is 3.19. The third kappa shape index (κ3) is 4.49. The first kappa shape index (κ1) is 20.4. The van der Waals surface area contributed by atoms with Crippen molar-refractivity contribution in [1.82, 2.24) is 19.8 Å². The van der Waals surface area contributed by atoms with Gasteiger partial charge in [0.2, 0.25) is 5.91 Å². The second-order valence-corrected chi connectivity index (χ2v) is 8.08. The normalized spacial score (nSPS) is 19.7. The van der Waals surface area contributed by atoms with Gasteiger partial charge >= 0.3 is 0 Å². The van der Waals surface area contributed by atoms with Gasteiger partial charge in [-0.05, 0) is 62.2 Å². The molecule has 0 spiro atoms. The highest BCUT2D eigenvalue weighted by Crippen LogP contribution is 2.35. The Kier molecular flexibility index (Phi) is 6.33. The van der Waals surface area contributed by atoms with Gasteiger partial charge in [0.05, 0.1) is 24.5 Å². The Balaban J connectivity index is 1.35. The molecule has 0 bridgehead atoms. The lowest BCUT2D eigenvalue weighted by molar-refractivity contribution is -0.121. The van der Waals surface area contributed by atoms with Crippen LogP contribution in [-0.4, -0.2) is 47.6 Å². The maximum atomic E-state index is 12.6. The van der Waals surface area contributed by atoms with Crippen LogP contribution in [-0.2, 0) is 11.3 Å². The highest BCUT2D eigenvalue weighted by Gasteiger charge is 2.30. The fourth-order valence-corrected chi connectivity index (χ4v) is 4.54. The number of benzene rings is 2. The first-order valence-electron chi connectivity index (χ1n) is 10.7. The number of nitrogens with zero attached hydrogens (tertiary/aromatic N) is 3. The number of imidazole rings is 1. The molecule has 0 radical (unpaired) electrons. The largest absolute Gasteiger partial charge is 0.497 e. The minimum Gasteiger partial charge on any atom is -0.497 e. The van der Waals surface area contributed by atoms with Gasteiger partial charge in [0.1, 0.15) is 5.75 Å². The van der Waals surface area contributed by atoms with Gasteiger partial charge in [-0.3, -0.25) is 9.69 Å². The first-order valence-corrected chi connectivity index (χ1v) is 10.7. The molecule has 0 saturated carbocycles. The lowest BCUT2D eigenvalue weighted by Crippen LogP contribution is -2.41. The molecular weight excluding hydrogens is 376 g/mol. The summed E-state index contributed by atoms with van der Waals surface area (Å²) in [5.41, 5.74) is 3.31. The van der Waals surface area contributed by atoms with Crippen molar-refractivity contribution in [2.75, 3.05) is 27.2 Å². The zero-order valence-electron chi connectivity index (χ0n) is 17.8. The number of hydrogen-bond acceptors (Lipinski definition) is 4. The van der Waals surface area contributed by atoms with Crippen LogP contribution < -0.4 is 10.1 Å². The van der Waals surface area contributed by atoms with Crippen molar-refractivity contribution >= 4 is 16.9 Å². The lowest BCUT2D eigenvalue weighted by Gasteiger charge is -2.39. The van der Waals surface area contributed by atoms with Crippen LogP contribution in [0.5, 0.6) is 5.75 Å². The highest BCUT2D eigenvalue weighted by atomic mass is 16.5. The zero-order valence-corrected chi connectivity index (χ0v) is 17.8. The fourth-order valence-electron chi connectivity index (χ4n) is 4.54. The number of rotatable bonds is 7. The second kappa shape index (κ2) is 9.30. The van der Waals surface area contributed by atoms with E-state index in [0.717, 1.165) is 36.2 Å². The van der Waals surface area contributed by atoms with Crippen LogP contribution in [0.15, 0.2) is 54.9 Å². The van der Waals surface area contributed by atoms with E-state index in [1.807, 2.05) is 47.3 Å². The van der Waals surface area contributed by atoms with Crippen LogP contribution in [0.1, 0.15) is 30.9 Å². The molecule has 0 aliphatic carbocycles. The number of hydrogen-bond donors (Lipinski definition) is 1. The average molecular weight is 407 g/mol. The number of fused-ring (bicyclic) bond motifs is 1. The van der Waals surface area contributed by atoms with E-state index < -0.39 is 0 Å². The summed E-state index contributed by atoms with van der Waals surface area (Å²) in [7, 11) is 3.86. The summed E-state index contributed by atoms with van der Waals surface area (Å²) >= 11 is 0. The molecule has 1 aromatic heterocycles. The van der Waals surface area contributed by atoms with E-state index in [1.165, 1.54) is 5.56 Å². The smallest absolute Gasteiger partial charge is 0.221 e. The van der Waals surface area contributed by atoms with E-state index in [2.05, 4.69) is 34.4 Å². The highest BCUT2D eigenvalue weighted by molar-refractivity contribution is 5.77. The van der Waals surface area contributed by atoms with Gasteiger partial charge in [-0.2, -0.15) is 0 Å². The Morgan fingerprint density at radius 2 is 2.00 bits per heavy atom. The molecule has 2 aromatic carbocycles. The van der Waals surface area contributed by atoms with E-state index in [4.69, 9.17) is 4.74 Å². The molecule has 6 heteroatoms. The van der Waals surface area contributed by atoms with Crippen molar-refractivity contribution in [3.8, 4) is 5.75 Å². The van der Waals surface area contributed by atoms with Gasteiger partial charge in [0.15, 0.2) is 0 Å². The Morgan fingerprint density at radius 3 is 2.80 bits per heavy atom. The molecule has 1 amide bonds. The molecule has 2 atom stereocenters. The number of carbonyl (C=O) groups excluding carboxylic acids is 1. The summed E-state index contributed by atoms with van der Waals surface area (Å²) in [5, 5.41) is 3.18. The van der Waals surface area contributed by atoms with Gasteiger partial charge in [-0.25, -0.2) is 4.98 Å². The Bertz CT molecular complexity index is 982. The maximum absolute atomic E-state index is 12.6. The van der Waals surface area contributed by atoms with Crippen LogP contribution in [0.4, 0.5) is 0 Å². The molecule has 30 heavy (non-hydrogen) atoms. The summed E-state index contributed by atoms with van der Waals surface area (Å²) in [5.74, 6) is 1.36. The van der Waals surface area contributed by atoms with Crippen LogP contribution in [0.2, 0.25) is 0 Å². The van der Waals surface area contributed by atoms with Crippen LogP contribution in [0, 0.1) is 5.92 Å². The van der Waals surface area contributed by atoms with Gasteiger partial charge in [-0.1, -0.05) is 24.3 Å². The molecule has 1 aliphatic rings. The summed E-state index contributed by atoms with van der Waals surface area (Å²) in [6.45, 7) is 2.41. The number of piperidine rings is 1. The van der Waals surface area contributed by atoms with Crippen LogP contribution in [0.25, 0.3) is 11.0 Å². The molecule has 158 valence electrons. The molecule has 1 N–H and O–H groups in total. The fraction of sp³-hybridized carbons (Fsp3) is 0.417. The van der Waals surface area contributed by atoms with Crippen molar-refractivity contribution in [1.29, 1.82) is 0 Å². The Labute approximate surface area is 177 Å².